The number of pyridine rings is 4. The molecule has 0 radical (unpaired) electrons. The molecule has 0 aliphatic carbocycles. The fourth-order valence-electron chi connectivity index (χ4n) is 3.83. The number of carbonyl (C=O) groups excluding carboxylic acids is 1. The van der Waals surface area contributed by atoms with Gasteiger partial charge >= 0.3 is 36.4 Å². The number of nitrogens with zero attached hydrogens (tertiary/aromatic N) is 4. The number of aromatic nitrogens is 4. The molecular formula is C24H24N4O18P4. The van der Waals surface area contributed by atoms with Crippen molar-refractivity contribution in [2.45, 2.75) is 10.2 Å². The van der Waals surface area contributed by atoms with Gasteiger partial charge in [-0.05, 0) is 36.4 Å². The van der Waals surface area contributed by atoms with Gasteiger partial charge in [0.2, 0.25) is 0 Å². The highest BCUT2D eigenvalue weighted by molar-refractivity contribution is 7.71. The Morgan fingerprint density at radius 3 is 1.14 bits per heavy atom. The lowest BCUT2D eigenvalue weighted by Gasteiger charge is -2.29. The minimum absolute atomic E-state index is 0.111. The number of hydrogen-bond donors (Lipinski definition) is 11. The van der Waals surface area contributed by atoms with Crippen LogP contribution in [0.2, 0.25) is 0 Å². The molecule has 26 heteroatoms. The molecule has 0 saturated carbocycles. The van der Waals surface area contributed by atoms with E-state index < -0.39 is 57.6 Å². The van der Waals surface area contributed by atoms with Crippen molar-refractivity contribution < 1.29 is 87.1 Å². The van der Waals surface area contributed by atoms with Crippen molar-refractivity contribution in [2.24, 2.45) is 0 Å². The second-order valence-electron chi connectivity index (χ2n) is 9.64. The number of carboxylic acid groups (broad SMARTS) is 1. The van der Waals surface area contributed by atoms with E-state index in [2.05, 4.69) is 24.7 Å². The molecule has 4 heterocycles. The first-order valence-corrected chi connectivity index (χ1v) is 19.2. The van der Waals surface area contributed by atoms with Crippen molar-refractivity contribution in [1.29, 1.82) is 0 Å². The zero-order valence-corrected chi connectivity index (χ0v) is 27.9. The van der Waals surface area contributed by atoms with Crippen LogP contribution in [0.15, 0.2) is 73.3 Å². The molecular weight excluding hydrogens is 756 g/mol. The van der Waals surface area contributed by atoms with Crippen molar-refractivity contribution in [2.75, 3.05) is 0 Å². The molecule has 0 aliphatic heterocycles. The van der Waals surface area contributed by atoms with E-state index in [1.54, 1.807) is 18.2 Å². The predicted octanol–water partition coefficient (Wildman–Crippen LogP) is 0.437. The van der Waals surface area contributed by atoms with Crippen molar-refractivity contribution in [3.63, 3.8) is 0 Å². The van der Waals surface area contributed by atoms with Crippen molar-refractivity contribution in [3.8, 4) is 28.5 Å². The maximum absolute atomic E-state index is 11.5. The first kappa shape index (κ1) is 40.5. The van der Waals surface area contributed by atoms with Gasteiger partial charge in [-0.2, -0.15) is 0 Å². The molecule has 11 N–H and O–H groups in total. The minimum Gasteiger partial charge on any atom is -0.478 e. The molecule has 0 atom stereocenters. The van der Waals surface area contributed by atoms with Crippen LogP contribution < -0.4 is 4.74 Å². The topological polar surface area (TPSA) is 386 Å². The Morgan fingerprint density at radius 2 is 0.900 bits per heavy atom. The van der Waals surface area contributed by atoms with Gasteiger partial charge in [0, 0.05) is 29.7 Å². The van der Waals surface area contributed by atoms with Gasteiger partial charge in [-0.3, -0.25) is 43.0 Å². The number of carboxylic acids is 1. The van der Waals surface area contributed by atoms with Gasteiger partial charge in [0.05, 0.1) is 34.5 Å². The zero-order chi connectivity index (χ0) is 37.9. The maximum atomic E-state index is 11.5. The number of rotatable bonds is 11. The molecule has 4 rings (SSSR count). The first-order valence-electron chi connectivity index (χ1n) is 12.7. The molecule has 50 heavy (non-hydrogen) atoms. The number of ether oxygens (including phenoxy) is 1. The van der Waals surface area contributed by atoms with Gasteiger partial charge in [0.15, 0.2) is 0 Å². The van der Waals surface area contributed by atoms with Crippen LogP contribution >= 0.6 is 30.4 Å². The third-order valence-electron chi connectivity index (χ3n) is 6.38. The Labute approximate surface area is 278 Å². The normalized spacial score (nSPS) is 12.8. The van der Waals surface area contributed by atoms with Gasteiger partial charge in [0.25, 0.3) is 16.6 Å². The van der Waals surface area contributed by atoms with Gasteiger partial charge in [-0.15, -0.1) is 0 Å². The van der Waals surface area contributed by atoms with E-state index in [1.807, 2.05) is 0 Å². The Bertz CT molecular complexity index is 1900. The van der Waals surface area contributed by atoms with Gasteiger partial charge in [-0.25, -0.2) is 4.79 Å². The number of carbonyl (C=O) groups is 2. The molecule has 0 bridgehead atoms. The minimum atomic E-state index is -5.81. The van der Waals surface area contributed by atoms with Gasteiger partial charge < -0.3 is 59.2 Å². The van der Waals surface area contributed by atoms with Crippen LogP contribution in [-0.2, 0) is 33.2 Å². The molecule has 0 spiro atoms. The van der Waals surface area contributed by atoms with E-state index in [9.17, 15) is 77.2 Å². The van der Waals surface area contributed by atoms with Crippen LogP contribution in [0, 0.1) is 0 Å². The van der Waals surface area contributed by atoms with E-state index in [0.29, 0.717) is 36.0 Å². The highest BCUT2D eigenvalue weighted by Gasteiger charge is 2.62. The largest absolute Gasteiger partial charge is 0.478 e. The molecule has 22 nitrogen and oxygen atoms in total. The SMILES string of the molecule is O=COc1ccc(-c2ccc(C(=O)O)cn2)nc1.O=P(O)(O)C(O)(c1ccc(-c2ccc(C(O)(P(=O)(O)O)P(=O)(O)O)cn2)nc1)P(=O)(O)O. The molecule has 0 fully saturated rings. The van der Waals surface area contributed by atoms with Crippen LogP contribution in [0.1, 0.15) is 21.5 Å². The van der Waals surface area contributed by atoms with E-state index in [4.69, 9.17) is 5.11 Å². The predicted molar refractivity (Wildman–Crippen MR) is 165 cm³/mol. The maximum Gasteiger partial charge on any atom is 0.374 e. The molecule has 268 valence electrons. The summed E-state index contributed by atoms with van der Waals surface area (Å²) < 4.78 is 50.6. The lowest BCUT2D eigenvalue weighted by Crippen LogP contribution is -2.26. The Balaban J connectivity index is 0.000000316. The number of aromatic carboxylic acids is 1. The second kappa shape index (κ2) is 14.7. The summed E-state index contributed by atoms with van der Waals surface area (Å²) in [5, 5.41) is 21.0. The Kier molecular flexibility index (Phi) is 11.9. The van der Waals surface area contributed by atoms with Crippen molar-refractivity contribution in [1.82, 2.24) is 19.9 Å². The van der Waals surface area contributed by atoms with Crippen LogP contribution in [-0.4, -0.2) is 86.8 Å². The summed E-state index contributed by atoms with van der Waals surface area (Å²) in [6.07, 6.45) is 3.71. The molecule has 0 unspecified atom stereocenters. The lowest BCUT2D eigenvalue weighted by atomic mass is 10.2. The summed E-state index contributed by atoms with van der Waals surface area (Å²) in [7, 11) is -23.3. The molecule has 0 saturated heterocycles. The number of hydrogen-bond acceptors (Lipinski definition) is 13. The molecule has 0 amide bonds. The fourth-order valence-corrected chi connectivity index (χ4v) is 8.42. The standard InChI is InChI=1S/C12H16N2O14P4.C12H8N2O4/c15-11(29(17,18)19,30(20,21)22)7-1-3-9(13-5-7)10-4-2-8(6-14-10)12(16,31(23,24)25)32(26,27)28;15-7-18-9-2-4-11(14-6-9)10-3-1-8(5-13-10)12(16)17/h1-6,15-16H,(H2,17,18,19)(H2,20,21,22)(H2,23,24,25)(H2,26,27,28);1-7H,(H,16,17). The highest BCUT2D eigenvalue weighted by atomic mass is 31.2. The molecule has 4 aromatic heterocycles. The van der Waals surface area contributed by atoms with E-state index in [1.165, 1.54) is 18.5 Å². The van der Waals surface area contributed by atoms with Crippen LogP contribution in [0.25, 0.3) is 22.8 Å². The lowest BCUT2D eigenvalue weighted by molar-refractivity contribution is -0.120. The summed E-state index contributed by atoms with van der Waals surface area (Å²) in [5.41, 5.74) is -0.971. The highest BCUT2D eigenvalue weighted by Crippen LogP contribution is 2.73. The van der Waals surface area contributed by atoms with Gasteiger partial charge in [-0.1, -0.05) is 12.1 Å². The van der Waals surface area contributed by atoms with E-state index in [0.717, 1.165) is 24.3 Å². The summed E-state index contributed by atoms with van der Waals surface area (Å²) in [6.45, 7) is 0.316. The average molecular weight is 780 g/mol. The van der Waals surface area contributed by atoms with Crippen LogP contribution in [0.4, 0.5) is 0 Å². The third-order valence-corrected chi connectivity index (χ3v) is 13.8. The summed E-state index contributed by atoms with van der Waals surface area (Å²) in [5.74, 6) is -0.701. The average Bonchev–Trinajstić information content (AvgIpc) is 3.03. The zero-order valence-electron chi connectivity index (χ0n) is 24.4. The van der Waals surface area contributed by atoms with E-state index >= 15 is 0 Å². The summed E-state index contributed by atoms with van der Waals surface area (Å²) >= 11 is 0. The quantitative estimate of drug-likeness (QED) is 0.0726. The second-order valence-corrected chi connectivity index (χ2v) is 17.3. The number of aliphatic hydroxyl groups is 2. The first-order chi connectivity index (χ1) is 22.9. The smallest absolute Gasteiger partial charge is 0.374 e. The molecule has 4 aromatic rings. The van der Waals surface area contributed by atoms with E-state index in [-0.39, 0.29) is 17.0 Å². The fraction of sp³-hybridized carbons (Fsp3) is 0.0833. The molecule has 0 aliphatic rings. The Hall–Kier alpha value is -3.94. The summed E-state index contributed by atoms with van der Waals surface area (Å²) in [4.78, 5) is 110. The molecule has 0 aromatic carbocycles. The van der Waals surface area contributed by atoms with Crippen molar-refractivity contribution in [3.05, 3.63) is 90.0 Å². The third kappa shape index (κ3) is 8.33. The van der Waals surface area contributed by atoms with Gasteiger partial charge in [0.1, 0.15) is 5.75 Å². The van der Waals surface area contributed by atoms with Crippen LogP contribution in [0.3, 0.4) is 0 Å². The monoisotopic (exact) mass is 780 g/mol. The van der Waals surface area contributed by atoms with Crippen molar-refractivity contribution >= 4 is 42.8 Å². The van der Waals surface area contributed by atoms with Crippen LogP contribution in [0.5, 0.6) is 5.75 Å². The Morgan fingerprint density at radius 1 is 0.560 bits per heavy atom. The summed E-state index contributed by atoms with van der Waals surface area (Å²) in [6, 6.07) is 9.49.